The maximum atomic E-state index is 13.2. The van der Waals surface area contributed by atoms with E-state index in [-0.39, 0.29) is 24.3 Å². The number of halogens is 2. The van der Waals surface area contributed by atoms with Crippen LogP contribution in [0, 0.1) is 14.1 Å². The number of hydrogen-bond donors (Lipinski definition) is 0. The number of rotatable bonds is 9. The van der Waals surface area contributed by atoms with Crippen LogP contribution in [0.1, 0.15) is 42.0 Å². The normalized spacial score (nSPS) is 14.6. The first-order chi connectivity index (χ1) is 17.7. The molecule has 1 aliphatic rings. The zero-order valence-electron chi connectivity index (χ0n) is 20.8. The molecule has 0 radical (unpaired) electrons. The zero-order valence-corrected chi connectivity index (χ0v) is 25.9. The SMILES string of the molecule is Cc1ccc(C(C)C)c(OCCN2C(=O)S/C(=C\c3cc(I)cc(I)c3OCc3ccccc3)C2=O)c1. The number of carbonyl (C=O) groups is 2. The fourth-order valence-electron chi connectivity index (χ4n) is 3.89. The summed E-state index contributed by atoms with van der Waals surface area (Å²) in [7, 11) is 0. The van der Waals surface area contributed by atoms with Crippen LogP contribution in [0.25, 0.3) is 6.08 Å². The summed E-state index contributed by atoms with van der Waals surface area (Å²) in [5.74, 6) is 1.49. The van der Waals surface area contributed by atoms with Gasteiger partial charge in [0, 0.05) is 9.13 Å². The predicted molar refractivity (Wildman–Crippen MR) is 166 cm³/mol. The molecular weight excluding hydrogens is 712 g/mol. The third-order valence-electron chi connectivity index (χ3n) is 5.79. The van der Waals surface area contributed by atoms with Crippen molar-refractivity contribution in [3.8, 4) is 11.5 Å². The Morgan fingerprint density at radius 3 is 2.49 bits per heavy atom. The van der Waals surface area contributed by atoms with Crippen LogP contribution in [0.15, 0.2) is 65.6 Å². The molecule has 1 saturated heterocycles. The molecule has 3 aromatic carbocycles. The van der Waals surface area contributed by atoms with E-state index in [0.29, 0.717) is 23.2 Å². The Bertz CT molecular complexity index is 1340. The average molecular weight is 739 g/mol. The van der Waals surface area contributed by atoms with Crippen molar-refractivity contribution in [2.75, 3.05) is 13.2 Å². The third kappa shape index (κ3) is 7.08. The second kappa shape index (κ2) is 12.7. The number of hydrogen-bond acceptors (Lipinski definition) is 5. The second-order valence-electron chi connectivity index (χ2n) is 8.96. The molecule has 0 aliphatic carbocycles. The van der Waals surface area contributed by atoms with Crippen molar-refractivity contribution < 1.29 is 19.1 Å². The van der Waals surface area contributed by atoms with E-state index in [1.54, 1.807) is 6.08 Å². The molecular formula is C29H27I2NO4S. The van der Waals surface area contributed by atoms with Gasteiger partial charge in [-0.25, -0.2) is 0 Å². The first-order valence-electron chi connectivity index (χ1n) is 11.9. The van der Waals surface area contributed by atoms with Gasteiger partial charge >= 0.3 is 0 Å². The molecule has 1 heterocycles. The first kappa shape index (κ1) is 28.0. The van der Waals surface area contributed by atoms with Gasteiger partial charge in [-0.1, -0.05) is 56.3 Å². The van der Waals surface area contributed by atoms with Crippen molar-refractivity contribution in [1.82, 2.24) is 4.90 Å². The molecule has 0 aromatic heterocycles. The van der Waals surface area contributed by atoms with Crippen LogP contribution in [0.3, 0.4) is 0 Å². The summed E-state index contributed by atoms with van der Waals surface area (Å²) in [5, 5.41) is -0.291. The Hall–Kier alpha value is -2.05. The Morgan fingerprint density at radius 1 is 1.00 bits per heavy atom. The van der Waals surface area contributed by atoms with E-state index >= 15 is 0 Å². The highest BCUT2D eigenvalue weighted by atomic mass is 127. The molecule has 5 nitrogen and oxygen atoms in total. The van der Waals surface area contributed by atoms with Crippen molar-refractivity contribution in [2.24, 2.45) is 0 Å². The molecule has 4 rings (SSSR count). The zero-order chi connectivity index (χ0) is 26.5. The molecule has 192 valence electrons. The molecule has 2 amide bonds. The second-order valence-corrected chi connectivity index (χ2v) is 12.4. The van der Waals surface area contributed by atoms with E-state index in [4.69, 9.17) is 9.47 Å². The lowest BCUT2D eigenvalue weighted by Crippen LogP contribution is -2.32. The highest BCUT2D eigenvalue weighted by molar-refractivity contribution is 14.1. The van der Waals surface area contributed by atoms with Crippen LogP contribution in [-0.2, 0) is 11.4 Å². The van der Waals surface area contributed by atoms with E-state index < -0.39 is 0 Å². The predicted octanol–water partition coefficient (Wildman–Crippen LogP) is 8.02. The number of aryl methyl sites for hydroxylation is 1. The lowest BCUT2D eigenvalue weighted by molar-refractivity contribution is -0.123. The number of carbonyl (C=O) groups excluding carboxylic acids is 2. The van der Waals surface area contributed by atoms with Crippen LogP contribution in [-0.4, -0.2) is 29.2 Å². The minimum absolute atomic E-state index is 0.189. The number of benzene rings is 3. The minimum Gasteiger partial charge on any atom is -0.491 e. The van der Waals surface area contributed by atoms with E-state index in [1.165, 1.54) is 4.90 Å². The van der Waals surface area contributed by atoms with Gasteiger partial charge in [0.25, 0.3) is 11.1 Å². The topological polar surface area (TPSA) is 55.8 Å². The van der Waals surface area contributed by atoms with Crippen LogP contribution in [0.4, 0.5) is 4.79 Å². The number of imide groups is 1. The first-order valence-corrected chi connectivity index (χ1v) is 14.8. The summed E-state index contributed by atoms with van der Waals surface area (Å²) in [6, 6.07) is 20.0. The highest BCUT2D eigenvalue weighted by Crippen LogP contribution is 2.37. The van der Waals surface area contributed by atoms with Crippen LogP contribution in [0.2, 0.25) is 0 Å². The van der Waals surface area contributed by atoms with E-state index in [1.807, 2.05) is 55.5 Å². The lowest BCUT2D eigenvalue weighted by Gasteiger charge is -2.17. The Morgan fingerprint density at radius 2 is 1.76 bits per heavy atom. The molecule has 0 spiro atoms. The van der Waals surface area contributed by atoms with Gasteiger partial charge in [-0.15, -0.1) is 0 Å². The summed E-state index contributed by atoms with van der Waals surface area (Å²) in [6.07, 6.45) is 1.76. The van der Waals surface area contributed by atoms with Gasteiger partial charge in [0.2, 0.25) is 0 Å². The molecule has 1 fully saturated rings. The van der Waals surface area contributed by atoms with Crippen molar-refractivity contribution in [3.05, 3.63) is 95.0 Å². The summed E-state index contributed by atoms with van der Waals surface area (Å²) >= 11 is 5.44. The number of amides is 2. The molecule has 0 N–H and O–H groups in total. The van der Waals surface area contributed by atoms with Crippen LogP contribution >= 0.6 is 56.9 Å². The Labute approximate surface area is 249 Å². The van der Waals surface area contributed by atoms with E-state index in [2.05, 4.69) is 71.2 Å². The summed E-state index contributed by atoms with van der Waals surface area (Å²) < 4.78 is 14.2. The van der Waals surface area contributed by atoms with Gasteiger partial charge in [0.1, 0.15) is 24.7 Å². The van der Waals surface area contributed by atoms with Gasteiger partial charge in [-0.2, -0.15) is 0 Å². The van der Waals surface area contributed by atoms with Gasteiger partial charge in [-0.3, -0.25) is 14.5 Å². The summed E-state index contributed by atoms with van der Waals surface area (Å²) in [5.41, 5.74) is 4.04. The lowest BCUT2D eigenvalue weighted by atomic mass is 10.0. The molecule has 0 atom stereocenters. The molecule has 3 aromatic rings. The van der Waals surface area contributed by atoms with E-state index in [0.717, 1.165) is 46.9 Å². The molecule has 0 unspecified atom stereocenters. The quantitative estimate of drug-likeness (QED) is 0.165. The molecule has 1 aliphatic heterocycles. The van der Waals surface area contributed by atoms with Crippen molar-refractivity contribution >= 4 is 74.2 Å². The standard InChI is InChI=1S/C29H27I2NO4S/c1-18(2)23-10-9-19(3)13-25(23)35-12-11-32-28(33)26(37-29(32)34)15-21-14-22(30)16-24(31)27(21)36-17-20-7-5-4-6-8-20/h4-10,13-16,18H,11-12,17H2,1-3H3/b26-15-. The van der Waals surface area contributed by atoms with Crippen LogP contribution < -0.4 is 9.47 Å². The third-order valence-corrected chi connectivity index (χ3v) is 8.12. The summed E-state index contributed by atoms with van der Waals surface area (Å²) in [6.45, 7) is 7.08. The molecule has 8 heteroatoms. The highest BCUT2D eigenvalue weighted by Gasteiger charge is 2.35. The van der Waals surface area contributed by atoms with Gasteiger partial charge in [-0.05, 0) is 111 Å². The summed E-state index contributed by atoms with van der Waals surface area (Å²) in [4.78, 5) is 27.5. The largest absolute Gasteiger partial charge is 0.491 e. The fraction of sp³-hybridized carbons (Fsp3) is 0.241. The van der Waals surface area contributed by atoms with Gasteiger partial charge in [0.15, 0.2) is 0 Å². The fourth-order valence-corrected chi connectivity index (χ4v) is 6.80. The van der Waals surface area contributed by atoms with Gasteiger partial charge in [0.05, 0.1) is 15.0 Å². The molecule has 0 saturated carbocycles. The van der Waals surface area contributed by atoms with E-state index in [9.17, 15) is 9.59 Å². The Kier molecular flexibility index (Phi) is 9.57. The van der Waals surface area contributed by atoms with Crippen molar-refractivity contribution in [3.63, 3.8) is 0 Å². The molecule has 37 heavy (non-hydrogen) atoms. The number of thioether (sulfide) groups is 1. The monoisotopic (exact) mass is 739 g/mol. The van der Waals surface area contributed by atoms with Crippen molar-refractivity contribution in [1.29, 1.82) is 0 Å². The van der Waals surface area contributed by atoms with Crippen molar-refractivity contribution in [2.45, 2.75) is 33.3 Å². The minimum atomic E-state index is -0.310. The number of nitrogens with zero attached hydrogens (tertiary/aromatic N) is 1. The maximum absolute atomic E-state index is 13.2. The Balaban J connectivity index is 1.49. The maximum Gasteiger partial charge on any atom is 0.293 e. The smallest absolute Gasteiger partial charge is 0.293 e. The number of ether oxygens (including phenoxy) is 2. The average Bonchev–Trinajstić information content (AvgIpc) is 3.11. The van der Waals surface area contributed by atoms with Crippen LogP contribution in [0.5, 0.6) is 11.5 Å². The van der Waals surface area contributed by atoms with Gasteiger partial charge < -0.3 is 9.47 Å². The molecule has 0 bridgehead atoms.